The molecular weight excluding hydrogens is 328 g/mol. The number of aldehydes is 1. The lowest BCUT2D eigenvalue weighted by Gasteiger charge is -2.04. The first-order chi connectivity index (χ1) is 12.7. The van der Waals surface area contributed by atoms with E-state index in [1.165, 1.54) is 64.2 Å². The number of ether oxygens (including phenoxy) is 1. The van der Waals surface area contributed by atoms with Gasteiger partial charge in [-0.3, -0.25) is 9.59 Å². The van der Waals surface area contributed by atoms with Crippen molar-refractivity contribution in [3.05, 3.63) is 0 Å². The Morgan fingerprint density at radius 1 is 0.615 bits per heavy atom. The molecule has 4 nitrogen and oxygen atoms in total. The van der Waals surface area contributed by atoms with Gasteiger partial charge in [0.05, 0.1) is 0 Å². The number of hydrogen-bond acceptors (Lipinski definition) is 4. The lowest BCUT2D eigenvalue weighted by atomic mass is 10.0. The molecule has 0 spiro atoms. The van der Waals surface area contributed by atoms with Gasteiger partial charge in [0.25, 0.3) is 0 Å². The monoisotopic (exact) mass is 368 g/mol. The molecule has 0 bridgehead atoms. The third kappa shape index (κ3) is 19.1. The van der Waals surface area contributed by atoms with Gasteiger partial charge < -0.3 is 9.53 Å². The predicted molar refractivity (Wildman–Crippen MR) is 106 cm³/mol. The summed E-state index contributed by atoms with van der Waals surface area (Å²) in [4.78, 5) is 33.1. The maximum absolute atomic E-state index is 11.5. The Bertz CT molecular complexity index is 352. The molecule has 0 aromatic carbocycles. The van der Waals surface area contributed by atoms with E-state index >= 15 is 0 Å². The molecule has 26 heavy (non-hydrogen) atoms. The molecule has 0 atom stereocenters. The van der Waals surface area contributed by atoms with Crippen molar-refractivity contribution in [3.8, 4) is 0 Å². The van der Waals surface area contributed by atoms with Gasteiger partial charge in [0, 0.05) is 19.3 Å². The second-order valence-corrected chi connectivity index (χ2v) is 7.25. The van der Waals surface area contributed by atoms with Crippen molar-refractivity contribution in [1.82, 2.24) is 0 Å². The largest absolute Gasteiger partial charge is 0.393 e. The highest BCUT2D eigenvalue weighted by atomic mass is 16.6. The third-order valence-corrected chi connectivity index (χ3v) is 4.67. The maximum Gasteiger partial charge on any atom is 0.313 e. The van der Waals surface area contributed by atoms with Crippen LogP contribution in [0.4, 0.5) is 0 Å². The first-order valence-electron chi connectivity index (χ1n) is 10.9. The summed E-state index contributed by atoms with van der Waals surface area (Å²) in [6.45, 7) is 2.25. The normalized spacial score (nSPS) is 10.7. The molecule has 0 unspecified atom stereocenters. The molecule has 0 aliphatic rings. The van der Waals surface area contributed by atoms with E-state index in [-0.39, 0.29) is 6.42 Å². The number of esters is 2. The number of rotatable bonds is 19. The lowest BCUT2D eigenvalue weighted by Crippen LogP contribution is -2.11. The zero-order valence-electron chi connectivity index (χ0n) is 16.9. The molecule has 0 rings (SSSR count). The van der Waals surface area contributed by atoms with Crippen LogP contribution in [0, 0.1) is 0 Å². The van der Waals surface area contributed by atoms with E-state index < -0.39 is 11.9 Å². The van der Waals surface area contributed by atoms with Crippen LogP contribution >= 0.6 is 0 Å². The van der Waals surface area contributed by atoms with Crippen LogP contribution in [0.1, 0.15) is 122 Å². The van der Waals surface area contributed by atoms with Gasteiger partial charge in [-0.2, -0.15) is 0 Å². The average molecular weight is 369 g/mol. The Balaban J connectivity index is 3.27. The predicted octanol–water partition coefficient (Wildman–Crippen LogP) is 6.30. The first kappa shape index (κ1) is 24.8. The fourth-order valence-electron chi connectivity index (χ4n) is 3.01. The third-order valence-electron chi connectivity index (χ3n) is 4.67. The van der Waals surface area contributed by atoms with Gasteiger partial charge in [-0.05, 0) is 19.3 Å². The Hall–Kier alpha value is -1.19. The molecule has 152 valence electrons. The van der Waals surface area contributed by atoms with Gasteiger partial charge in [-0.25, -0.2) is 0 Å². The highest BCUT2D eigenvalue weighted by Gasteiger charge is 2.09. The Morgan fingerprint density at radius 2 is 1.00 bits per heavy atom. The van der Waals surface area contributed by atoms with Gasteiger partial charge in [0.1, 0.15) is 6.29 Å². The highest BCUT2D eigenvalue weighted by Crippen LogP contribution is 2.13. The summed E-state index contributed by atoms with van der Waals surface area (Å²) in [5.74, 6) is -0.871. The SMILES string of the molecule is CCCCCCCCCCCCCCCC(=O)OC(=O)CCCCC=O. The molecule has 4 heteroatoms. The van der Waals surface area contributed by atoms with Crippen molar-refractivity contribution in [3.63, 3.8) is 0 Å². The van der Waals surface area contributed by atoms with Crippen LogP contribution < -0.4 is 0 Å². The topological polar surface area (TPSA) is 60.4 Å². The molecule has 0 heterocycles. The van der Waals surface area contributed by atoms with Crippen LogP contribution in [0.15, 0.2) is 0 Å². The van der Waals surface area contributed by atoms with Gasteiger partial charge >= 0.3 is 11.9 Å². The molecule has 0 saturated carbocycles. The maximum atomic E-state index is 11.5. The van der Waals surface area contributed by atoms with Crippen LogP contribution in [0.25, 0.3) is 0 Å². The summed E-state index contributed by atoms with van der Waals surface area (Å²) in [5.41, 5.74) is 0. The van der Waals surface area contributed by atoms with Gasteiger partial charge in [-0.15, -0.1) is 0 Å². The number of hydrogen-bond donors (Lipinski definition) is 0. The summed E-state index contributed by atoms with van der Waals surface area (Å²) < 4.78 is 4.77. The van der Waals surface area contributed by atoms with E-state index in [2.05, 4.69) is 6.92 Å². The highest BCUT2D eigenvalue weighted by molar-refractivity contribution is 5.85. The summed E-state index contributed by atoms with van der Waals surface area (Å²) >= 11 is 0. The zero-order chi connectivity index (χ0) is 19.3. The second kappa shape index (κ2) is 20.1. The molecule has 0 radical (unpaired) electrons. The van der Waals surface area contributed by atoms with E-state index in [4.69, 9.17) is 4.74 Å². The van der Waals surface area contributed by atoms with Crippen molar-refractivity contribution in [2.45, 2.75) is 122 Å². The van der Waals surface area contributed by atoms with Crippen molar-refractivity contribution in [2.75, 3.05) is 0 Å². The van der Waals surface area contributed by atoms with Gasteiger partial charge in [-0.1, -0.05) is 84.0 Å². The second-order valence-electron chi connectivity index (χ2n) is 7.25. The van der Waals surface area contributed by atoms with Gasteiger partial charge in [0.15, 0.2) is 0 Å². The van der Waals surface area contributed by atoms with Crippen LogP contribution in [-0.2, 0) is 19.1 Å². The Morgan fingerprint density at radius 3 is 1.42 bits per heavy atom. The van der Waals surface area contributed by atoms with E-state index in [9.17, 15) is 14.4 Å². The Labute approximate surface area is 160 Å². The van der Waals surface area contributed by atoms with Crippen LogP contribution in [0.5, 0.6) is 0 Å². The minimum absolute atomic E-state index is 0.220. The van der Waals surface area contributed by atoms with Crippen molar-refractivity contribution in [1.29, 1.82) is 0 Å². The molecule has 0 aromatic heterocycles. The van der Waals surface area contributed by atoms with E-state index in [1.54, 1.807) is 0 Å². The molecule has 0 N–H and O–H groups in total. The van der Waals surface area contributed by atoms with Crippen LogP contribution in [-0.4, -0.2) is 18.2 Å². The summed E-state index contributed by atoms with van der Waals surface area (Å²) in [5, 5.41) is 0. The number of carbonyl (C=O) groups is 3. The molecular formula is C22H40O4. The van der Waals surface area contributed by atoms with E-state index in [0.717, 1.165) is 25.5 Å². The summed E-state index contributed by atoms with van der Waals surface area (Å²) in [7, 11) is 0. The minimum Gasteiger partial charge on any atom is -0.393 e. The van der Waals surface area contributed by atoms with Crippen LogP contribution in [0.3, 0.4) is 0 Å². The minimum atomic E-state index is -0.462. The zero-order valence-corrected chi connectivity index (χ0v) is 16.9. The van der Waals surface area contributed by atoms with Crippen LogP contribution in [0.2, 0.25) is 0 Å². The van der Waals surface area contributed by atoms with Crippen molar-refractivity contribution < 1.29 is 19.1 Å². The standard InChI is InChI=1S/C22H40O4/c1-2-3-4-5-6-7-8-9-10-11-12-13-15-18-21(24)26-22(25)19-16-14-17-20-23/h20H,2-19H2,1H3. The van der Waals surface area contributed by atoms with Gasteiger partial charge in [0.2, 0.25) is 0 Å². The summed E-state index contributed by atoms with van der Waals surface area (Å²) in [6.07, 6.45) is 19.6. The van der Waals surface area contributed by atoms with E-state index in [1.807, 2.05) is 0 Å². The fraction of sp³-hybridized carbons (Fsp3) is 0.864. The molecule has 0 amide bonds. The van der Waals surface area contributed by atoms with Crippen molar-refractivity contribution >= 4 is 18.2 Å². The number of carbonyl (C=O) groups excluding carboxylic acids is 3. The van der Waals surface area contributed by atoms with E-state index in [0.29, 0.717) is 25.7 Å². The summed E-state index contributed by atoms with van der Waals surface area (Å²) in [6, 6.07) is 0. The Kier molecular flexibility index (Phi) is 19.2. The first-order valence-corrected chi connectivity index (χ1v) is 10.9. The average Bonchev–Trinajstić information content (AvgIpc) is 2.62. The number of unbranched alkanes of at least 4 members (excludes halogenated alkanes) is 14. The molecule has 0 aliphatic carbocycles. The quantitative estimate of drug-likeness (QED) is 0.116. The molecule has 0 aromatic rings. The fourth-order valence-corrected chi connectivity index (χ4v) is 3.01. The smallest absolute Gasteiger partial charge is 0.313 e. The lowest BCUT2D eigenvalue weighted by molar-refractivity contribution is -0.159. The molecule has 0 saturated heterocycles. The molecule has 0 aliphatic heterocycles. The van der Waals surface area contributed by atoms with Crippen molar-refractivity contribution in [2.24, 2.45) is 0 Å². The molecule has 0 fully saturated rings.